The van der Waals surface area contributed by atoms with Crippen LogP contribution in [0.2, 0.25) is 0 Å². The van der Waals surface area contributed by atoms with Crippen molar-refractivity contribution < 1.29 is 9.59 Å². The molecule has 1 aromatic heterocycles. The molecule has 0 bridgehead atoms. The van der Waals surface area contributed by atoms with Crippen molar-refractivity contribution in [2.24, 2.45) is 0 Å². The van der Waals surface area contributed by atoms with Gasteiger partial charge in [0.15, 0.2) is 0 Å². The van der Waals surface area contributed by atoms with Crippen LogP contribution in [0.4, 0.5) is 5.69 Å². The first kappa shape index (κ1) is 23.3. The van der Waals surface area contributed by atoms with Crippen molar-refractivity contribution in [2.75, 3.05) is 11.9 Å². The Morgan fingerprint density at radius 2 is 1.58 bits per heavy atom. The van der Waals surface area contributed by atoms with Crippen LogP contribution < -0.4 is 10.2 Å². The highest BCUT2D eigenvalue weighted by Gasteiger charge is 2.26. The first-order valence-corrected chi connectivity index (χ1v) is 12.0. The molecule has 0 unspecified atom stereocenters. The fourth-order valence-corrected chi connectivity index (χ4v) is 4.58. The molecule has 0 saturated heterocycles. The summed E-state index contributed by atoms with van der Waals surface area (Å²) in [5.41, 5.74) is 3.50. The standard InChI is InChI=1S/C30H28N4O2/c1-21-31-26-14-8-9-15-28(26)34(21)20-29(35)32-27(18-22-10-4-3-5-11-22)30(36)33(2)25-17-16-23-12-6-7-13-24(23)19-25/h3-17,19,27H,18,20H2,1-2H3,(H,32,35)/t27-/m0/s1. The Labute approximate surface area is 210 Å². The van der Waals surface area contributed by atoms with Gasteiger partial charge in [-0.1, -0.05) is 72.8 Å². The highest BCUT2D eigenvalue weighted by atomic mass is 16.2. The number of para-hydroxylation sites is 2. The number of fused-ring (bicyclic) bond motifs is 2. The van der Waals surface area contributed by atoms with Gasteiger partial charge in [0.1, 0.15) is 18.4 Å². The molecule has 5 rings (SSSR count). The van der Waals surface area contributed by atoms with E-state index in [2.05, 4.69) is 10.3 Å². The molecule has 180 valence electrons. The van der Waals surface area contributed by atoms with Gasteiger partial charge in [0.05, 0.1) is 11.0 Å². The summed E-state index contributed by atoms with van der Waals surface area (Å²) in [6.07, 6.45) is 0.396. The van der Waals surface area contributed by atoms with Crippen molar-refractivity contribution in [3.63, 3.8) is 0 Å². The Balaban J connectivity index is 1.40. The monoisotopic (exact) mass is 476 g/mol. The summed E-state index contributed by atoms with van der Waals surface area (Å²) in [6, 6.07) is 30.7. The third-order valence-electron chi connectivity index (χ3n) is 6.51. The maximum absolute atomic E-state index is 13.7. The second kappa shape index (κ2) is 10.0. The van der Waals surface area contributed by atoms with E-state index in [1.807, 2.05) is 109 Å². The van der Waals surface area contributed by atoms with Crippen LogP contribution in [-0.2, 0) is 22.6 Å². The maximum Gasteiger partial charge on any atom is 0.249 e. The van der Waals surface area contributed by atoms with E-state index < -0.39 is 6.04 Å². The topological polar surface area (TPSA) is 67.2 Å². The molecule has 0 aliphatic rings. The lowest BCUT2D eigenvalue weighted by Crippen LogP contribution is -2.49. The Bertz CT molecular complexity index is 1540. The van der Waals surface area contributed by atoms with Crippen LogP contribution in [0.3, 0.4) is 0 Å². The minimum absolute atomic E-state index is 0.0879. The number of hydrogen-bond donors (Lipinski definition) is 1. The molecule has 0 fully saturated rings. The molecule has 6 nitrogen and oxygen atoms in total. The van der Waals surface area contributed by atoms with Gasteiger partial charge in [0.25, 0.3) is 0 Å². The number of benzene rings is 4. The van der Waals surface area contributed by atoms with Crippen LogP contribution in [0.15, 0.2) is 97.1 Å². The molecule has 0 aliphatic heterocycles. The highest BCUT2D eigenvalue weighted by molar-refractivity contribution is 6.00. The average molecular weight is 477 g/mol. The smallest absolute Gasteiger partial charge is 0.249 e. The largest absolute Gasteiger partial charge is 0.342 e. The molecule has 6 heteroatoms. The highest BCUT2D eigenvalue weighted by Crippen LogP contribution is 2.22. The van der Waals surface area contributed by atoms with Crippen molar-refractivity contribution in [2.45, 2.75) is 25.9 Å². The van der Waals surface area contributed by atoms with Crippen molar-refractivity contribution in [3.8, 4) is 0 Å². The quantitative estimate of drug-likeness (QED) is 0.364. The second-order valence-corrected chi connectivity index (χ2v) is 8.97. The number of carbonyl (C=O) groups excluding carboxylic acids is 2. The van der Waals surface area contributed by atoms with Crippen LogP contribution >= 0.6 is 0 Å². The minimum atomic E-state index is -0.716. The molecule has 1 N–H and O–H groups in total. The molecule has 1 atom stereocenters. The number of carbonyl (C=O) groups is 2. The normalized spacial score (nSPS) is 11.9. The van der Waals surface area contributed by atoms with Gasteiger partial charge in [-0.3, -0.25) is 9.59 Å². The second-order valence-electron chi connectivity index (χ2n) is 8.97. The molecule has 4 aromatic carbocycles. The number of amides is 2. The molecule has 36 heavy (non-hydrogen) atoms. The lowest BCUT2D eigenvalue weighted by Gasteiger charge is -2.25. The molecular weight excluding hydrogens is 448 g/mol. The molecule has 0 radical (unpaired) electrons. The maximum atomic E-state index is 13.7. The number of rotatable bonds is 7. The van der Waals surface area contributed by atoms with Crippen molar-refractivity contribution in [1.82, 2.24) is 14.9 Å². The zero-order valence-electron chi connectivity index (χ0n) is 20.4. The van der Waals surface area contributed by atoms with Crippen LogP contribution in [0.5, 0.6) is 0 Å². The third kappa shape index (κ3) is 4.84. The van der Waals surface area contributed by atoms with Gasteiger partial charge >= 0.3 is 0 Å². The van der Waals surface area contributed by atoms with Crippen LogP contribution in [0.25, 0.3) is 21.8 Å². The average Bonchev–Trinajstić information content (AvgIpc) is 3.22. The molecule has 0 saturated carbocycles. The SMILES string of the molecule is Cc1nc2ccccc2n1CC(=O)N[C@@H](Cc1ccccc1)C(=O)N(C)c1ccc2ccccc2c1. The zero-order valence-corrected chi connectivity index (χ0v) is 20.4. The van der Waals surface area contributed by atoms with E-state index in [9.17, 15) is 9.59 Å². The Morgan fingerprint density at radius 1 is 0.889 bits per heavy atom. The minimum Gasteiger partial charge on any atom is -0.342 e. The summed E-state index contributed by atoms with van der Waals surface area (Å²) < 4.78 is 1.88. The van der Waals surface area contributed by atoms with Gasteiger partial charge in [-0.2, -0.15) is 0 Å². The van der Waals surface area contributed by atoms with Crippen molar-refractivity contribution in [3.05, 3.63) is 108 Å². The first-order chi connectivity index (χ1) is 17.5. The number of aromatic nitrogens is 2. The van der Waals surface area contributed by atoms with E-state index in [0.717, 1.165) is 38.9 Å². The number of imidazole rings is 1. The van der Waals surface area contributed by atoms with E-state index in [1.54, 1.807) is 11.9 Å². The molecule has 5 aromatic rings. The number of hydrogen-bond acceptors (Lipinski definition) is 3. The molecule has 2 amide bonds. The van der Waals surface area contributed by atoms with E-state index in [4.69, 9.17) is 0 Å². The predicted octanol–water partition coefficient (Wildman–Crippen LogP) is 4.89. The van der Waals surface area contributed by atoms with Crippen LogP contribution in [0, 0.1) is 6.92 Å². The fraction of sp³-hybridized carbons (Fsp3) is 0.167. The Kier molecular flexibility index (Phi) is 6.50. The van der Waals surface area contributed by atoms with Crippen molar-refractivity contribution >= 4 is 39.3 Å². The van der Waals surface area contributed by atoms with Gasteiger partial charge in [-0.15, -0.1) is 0 Å². The summed E-state index contributed by atoms with van der Waals surface area (Å²) in [4.78, 5) is 33.1. The number of aryl methyl sites for hydroxylation is 1. The van der Waals surface area contributed by atoms with Gasteiger partial charge in [0.2, 0.25) is 11.8 Å². The summed E-state index contributed by atoms with van der Waals surface area (Å²) in [5.74, 6) is 0.350. The molecule has 0 spiro atoms. The van der Waals surface area contributed by atoms with E-state index in [-0.39, 0.29) is 18.4 Å². The van der Waals surface area contributed by atoms with E-state index >= 15 is 0 Å². The third-order valence-corrected chi connectivity index (χ3v) is 6.51. The summed E-state index contributed by atoms with van der Waals surface area (Å²) in [6.45, 7) is 1.97. The molecular formula is C30H28N4O2. The first-order valence-electron chi connectivity index (χ1n) is 12.0. The lowest BCUT2D eigenvalue weighted by molar-refractivity contribution is -0.127. The number of likely N-dealkylation sites (N-methyl/N-ethyl adjacent to an activating group) is 1. The van der Waals surface area contributed by atoms with E-state index in [0.29, 0.717) is 6.42 Å². The summed E-state index contributed by atoms with van der Waals surface area (Å²) in [5, 5.41) is 5.17. The number of anilines is 1. The zero-order chi connectivity index (χ0) is 25.1. The fourth-order valence-electron chi connectivity index (χ4n) is 4.58. The van der Waals surface area contributed by atoms with E-state index in [1.165, 1.54) is 0 Å². The number of nitrogens with one attached hydrogen (secondary N) is 1. The van der Waals surface area contributed by atoms with Gasteiger partial charge < -0.3 is 14.8 Å². The van der Waals surface area contributed by atoms with Crippen LogP contribution in [0.1, 0.15) is 11.4 Å². The lowest BCUT2D eigenvalue weighted by atomic mass is 10.0. The summed E-state index contributed by atoms with van der Waals surface area (Å²) in [7, 11) is 1.75. The van der Waals surface area contributed by atoms with Gasteiger partial charge in [-0.05, 0) is 47.5 Å². The number of nitrogens with zero attached hydrogens (tertiary/aromatic N) is 3. The van der Waals surface area contributed by atoms with Gasteiger partial charge in [-0.25, -0.2) is 4.98 Å². The van der Waals surface area contributed by atoms with Crippen LogP contribution in [-0.4, -0.2) is 34.5 Å². The molecule has 1 heterocycles. The molecule has 0 aliphatic carbocycles. The van der Waals surface area contributed by atoms with Crippen molar-refractivity contribution in [1.29, 1.82) is 0 Å². The Morgan fingerprint density at radius 3 is 2.39 bits per heavy atom. The Hall–Kier alpha value is -4.45. The summed E-state index contributed by atoms with van der Waals surface area (Å²) >= 11 is 0. The predicted molar refractivity (Wildman–Crippen MR) is 144 cm³/mol. The van der Waals surface area contributed by atoms with Gasteiger partial charge in [0, 0.05) is 19.2 Å².